The zero-order chi connectivity index (χ0) is 12.8. The third kappa shape index (κ3) is 3.34. The van der Waals surface area contributed by atoms with Gasteiger partial charge in [-0.15, -0.1) is 0 Å². The van der Waals surface area contributed by atoms with E-state index in [-0.39, 0.29) is 0 Å². The molecule has 2 nitrogen and oxygen atoms in total. The van der Waals surface area contributed by atoms with E-state index in [9.17, 15) is 0 Å². The van der Waals surface area contributed by atoms with Gasteiger partial charge in [0.1, 0.15) is 12.4 Å². The molecular weight excluding hydrogens is 242 g/mol. The maximum Gasteiger partial charge on any atom is 0.127 e. The summed E-state index contributed by atoms with van der Waals surface area (Å²) in [4.78, 5) is 0. The number of para-hydroxylation sites is 1. The molecule has 1 aromatic carbocycles. The van der Waals surface area contributed by atoms with E-state index in [1.165, 1.54) is 16.7 Å². The molecule has 0 unspecified atom stereocenters. The van der Waals surface area contributed by atoms with Crippen molar-refractivity contribution in [3.05, 3.63) is 51.7 Å². The minimum atomic E-state index is 0.646. The van der Waals surface area contributed by atoms with Crippen LogP contribution in [0.2, 0.25) is 0 Å². The van der Waals surface area contributed by atoms with E-state index in [2.05, 4.69) is 54.2 Å². The molecule has 0 aliphatic heterocycles. The fourth-order valence-corrected chi connectivity index (χ4v) is 2.50. The van der Waals surface area contributed by atoms with Crippen LogP contribution in [0.3, 0.4) is 0 Å². The van der Waals surface area contributed by atoms with Gasteiger partial charge in [-0.05, 0) is 41.4 Å². The summed E-state index contributed by atoms with van der Waals surface area (Å²) in [6.45, 7) is 6.68. The lowest BCUT2D eigenvalue weighted by Crippen LogP contribution is -2.13. The maximum atomic E-state index is 5.98. The molecule has 0 aliphatic carbocycles. The normalized spacial score (nSPS) is 10.6. The summed E-state index contributed by atoms with van der Waals surface area (Å²) in [6.07, 6.45) is 0. The van der Waals surface area contributed by atoms with Crippen LogP contribution >= 0.6 is 11.3 Å². The third-order valence-electron chi connectivity index (χ3n) is 2.82. The van der Waals surface area contributed by atoms with Crippen LogP contribution in [0.4, 0.5) is 0 Å². The third-order valence-corrected chi connectivity index (χ3v) is 3.55. The van der Waals surface area contributed by atoms with Crippen LogP contribution in [0.5, 0.6) is 5.75 Å². The molecule has 0 amide bonds. The van der Waals surface area contributed by atoms with Crippen LogP contribution < -0.4 is 10.1 Å². The number of rotatable bonds is 6. The van der Waals surface area contributed by atoms with Crippen molar-refractivity contribution >= 4 is 11.3 Å². The van der Waals surface area contributed by atoms with Crippen LogP contribution in [-0.4, -0.2) is 6.54 Å². The molecular formula is C15H19NOS. The van der Waals surface area contributed by atoms with Gasteiger partial charge in [0.05, 0.1) is 0 Å². The molecule has 0 fully saturated rings. The lowest BCUT2D eigenvalue weighted by Gasteiger charge is -2.14. The van der Waals surface area contributed by atoms with Crippen LogP contribution in [0.1, 0.15) is 23.6 Å². The fraction of sp³-hybridized carbons (Fsp3) is 0.333. The summed E-state index contributed by atoms with van der Waals surface area (Å²) in [7, 11) is 0. The van der Waals surface area contributed by atoms with Gasteiger partial charge in [0.25, 0.3) is 0 Å². The number of thiophene rings is 1. The summed E-state index contributed by atoms with van der Waals surface area (Å²) in [6, 6.07) is 8.41. The molecule has 3 heteroatoms. The van der Waals surface area contributed by atoms with Gasteiger partial charge in [-0.25, -0.2) is 0 Å². The molecule has 96 valence electrons. The van der Waals surface area contributed by atoms with Crippen molar-refractivity contribution in [2.45, 2.75) is 27.0 Å². The Morgan fingerprint density at radius 3 is 2.89 bits per heavy atom. The second kappa shape index (κ2) is 6.57. The van der Waals surface area contributed by atoms with Gasteiger partial charge >= 0.3 is 0 Å². The smallest absolute Gasteiger partial charge is 0.127 e. The Labute approximate surface area is 113 Å². The average molecular weight is 261 g/mol. The Bertz CT molecular complexity index is 479. The molecule has 0 atom stereocenters. The van der Waals surface area contributed by atoms with Crippen LogP contribution in [0.15, 0.2) is 35.0 Å². The second-order valence-corrected chi connectivity index (χ2v) is 5.04. The van der Waals surface area contributed by atoms with Crippen molar-refractivity contribution < 1.29 is 4.74 Å². The quantitative estimate of drug-likeness (QED) is 0.855. The Morgan fingerprint density at radius 1 is 1.28 bits per heavy atom. The molecule has 18 heavy (non-hydrogen) atoms. The highest BCUT2D eigenvalue weighted by molar-refractivity contribution is 7.07. The molecule has 0 bridgehead atoms. The Kier molecular flexibility index (Phi) is 4.79. The number of ether oxygens (including phenoxy) is 1. The lowest BCUT2D eigenvalue weighted by atomic mass is 10.1. The van der Waals surface area contributed by atoms with Crippen molar-refractivity contribution in [2.75, 3.05) is 6.54 Å². The van der Waals surface area contributed by atoms with Gasteiger partial charge in [-0.1, -0.05) is 25.1 Å². The molecule has 0 spiro atoms. The molecule has 0 saturated carbocycles. The van der Waals surface area contributed by atoms with Gasteiger partial charge in [0.2, 0.25) is 0 Å². The SMILES string of the molecule is CCNCc1cccc(C)c1OCc1ccsc1. The van der Waals surface area contributed by atoms with Crippen LogP contribution in [0, 0.1) is 6.92 Å². The monoisotopic (exact) mass is 261 g/mol. The largest absolute Gasteiger partial charge is 0.488 e. The predicted octanol–water partition coefficient (Wildman–Crippen LogP) is 3.75. The molecule has 1 heterocycles. The standard InChI is InChI=1S/C15H19NOS/c1-3-16-9-14-6-4-5-12(2)15(14)17-10-13-7-8-18-11-13/h4-8,11,16H,3,9-10H2,1-2H3. The lowest BCUT2D eigenvalue weighted by molar-refractivity contribution is 0.300. The van der Waals surface area contributed by atoms with E-state index >= 15 is 0 Å². The van der Waals surface area contributed by atoms with Gasteiger partial charge in [-0.2, -0.15) is 11.3 Å². The number of nitrogens with one attached hydrogen (secondary N) is 1. The summed E-state index contributed by atoms with van der Waals surface area (Å²) < 4.78 is 5.98. The molecule has 0 radical (unpaired) electrons. The van der Waals surface area contributed by atoms with Crippen molar-refractivity contribution in [2.24, 2.45) is 0 Å². The molecule has 2 rings (SSSR count). The Hall–Kier alpha value is -1.32. The molecule has 0 saturated heterocycles. The number of aryl methyl sites for hydroxylation is 1. The summed E-state index contributed by atoms with van der Waals surface area (Å²) in [5.74, 6) is 1.02. The second-order valence-electron chi connectivity index (χ2n) is 4.26. The fourth-order valence-electron chi connectivity index (χ4n) is 1.85. The first-order valence-corrected chi connectivity index (χ1v) is 7.18. The van der Waals surface area contributed by atoms with Crippen molar-refractivity contribution in [1.29, 1.82) is 0 Å². The molecule has 2 aromatic rings. The first-order valence-electron chi connectivity index (χ1n) is 6.24. The zero-order valence-corrected chi connectivity index (χ0v) is 11.7. The number of benzene rings is 1. The van der Waals surface area contributed by atoms with E-state index in [1.54, 1.807) is 11.3 Å². The predicted molar refractivity (Wildman–Crippen MR) is 77.2 cm³/mol. The molecule has 1 aromatic heterocycles. The van der Waals surface area contributed by atoms with Crippen LogP contribution in [-0.2, 0) is 13.2 Å². The maximum absolute atomic E-state index is 5.98. The molecule has 0 aliphatic rings. The van der Waals surface area contributed by atoms with E-state index in [0.717, 1.165) is 18.8 Å². The van der Waals surface area contributed by atoms with Crippen molar-refractivity contribution in [1.82, 2.24) is 5.32 Å². The minimum Gasteiger partial charge on any atom is -0.488 e. The van der Waals surface area contributed by atoms with Gasteiger partial charge in [-0.3, -0.25) is 0 Å². The highest BCUT2D eigenvalue weighted by Gasteiger charge is 2.07. The summed E-state index contributed by atoms with van der Waals surface area (Å²) >= 11 is 1.70. The van der Waals surface area contributed by atoms with Crippen LogP contribution in [0.25, 0.3) is 0 Å². The van der Waals surface area contributed by atoms with Gasteiger partial charge in [0.15, 0.2) is 0 Å². The first kappa shape index (κ1) is 13.1. The highest BCUT2D eigenvalue weighted by Crippen LogP contribution is 2.24. The van der Waals surface area contributed by atoms with Gasteiger partial charge in [0, 0.05) is 12.1 Å². The average Bonchev–Trinajstić information content (AvgIpc) is 2.88. The zero-order valence-electron chi connectivity index (χ0n) is 10.9. The number of hydrogen-bond acceptors (Lipinski definition) is 3. The summed E-state index contributed by atoms with van der Waals surface area (Å²) in [5, 5.41) is 7.55. The van der Waals surface area contributed by atoms with E-state index in [1.807, 2.05) is 0 Å². The summed E-state index contributed by atoms with van der Waals surface area (Å²) in [5.41, 5.74) is 3.66. The van der Waals surface area contributed by atoms with Crippen molar-refractivity contribution in [3.8, 4) is 5.75 Å². The van der Waals surface area contributed by atoms with E-state index in [0.29, 0.717) is 6.61 Å². The number of hydrogen-bond donors (Lipinski definition) is 1. The Balaban J connectivity index is 2.09. The van der Waals surface area contributed by atoms with Gasteiger partial charge < -0.3 is 10.1 Å². The Morgan fingerprint density at radius 2 is 2.17 bits per heavy atom. The highest BCUT2D eigenvalue weighted by atomic mass is 32.1. The van der Waals surface area contributed by atoms with Crippen molar-refractivity contribution in [3.63, 3.8) is 0 Å². The van der Waals surface area contributed by atoms with E-state index < -0.39 is 0 Å². The minimum absolute atomic E-state index is 0.646. The topological polar surface area (TPSA) is 21.3 Å². The molecule has 1 N–H and O–H groups in total. The first-order chi connectivity index (χ1) is 8.81. The van der Waals surface area contributed by atoms with E-state index in [4.69, 9.17) is 4.74 Å².